The van der Waals surface area contributed by atoms with Crippen LogP contribution in [0.3, 0.4) is 0 Å². The molecule has 0 radical (unpaired) electrons. The summed E-state index contributed by atoms with van der Waals surface area (Å²) in [6.07, 6.45) is -1.75. The smallest absolute Gasteiger partial charge is 0.349 e. The van der Waals surface area contributed by atoms with Crippen LogP contribution in [0.2, 0.25) is 0 Å². The van der Waals surface area contributed by atoms with Crippen LogP contribution < -0.4 is 5.73 Å². The Morgan fingerprint density at radius 2 is 1.54 bits per heavy atom. The summed E-state index contributed by atoms with van der Waals surface area (Å²) in [6, 6.07) is -0.895. The van der Waals surface area contributed by atoms with Crippen LogP contribution in [-0.2, 0) is 19.0 Å². The molecule has 0 saturated carbocycles. The molecule has 2 N–H and O–H groups in total. The van der Waals surface area contributed by atoms with Crippen LogP contribution in [-0.4, -0.2) is 45.6 Å². The molecule has 0 bridgehead atoms. The molecule has 7 nitrogen and oxygen atoms in total. The highest BCUT2D eigenvalue weighted by Gasteiger charge is 2.42. The average Bonchev–Trinajstić information content (AvgIpc) is 2.13. The van der Waals surface area contributed by atoms with E-state index in [1.165, 1.54) is 28.4 Å². The number of amides is 2. The number of methoxy groups -OCH3 is 3. The lowest BCUT2D eigenvalue weighted by atomic mass is 10.8. The van der Waals surface area contributed by atoms with Gasteiger partial charge in [0.1, 0.15) is 0 Å². The number of hydrogen-bond acceptors (Lipinski definition) is 5. The molecule has 0 rings (SSSR count). The molecule has 0 aromatic carbocycles. The van der Waals surface area contributed by atoms with E-state index in [1.54, 1.807) is 0 Å². The zero-order valence-corrected chi connectivity index (χ0v) is 8.07. The molecule has 0 spiro atoms. The lowest BCUT2D eigenvalue weighted by molar-refractivity contribution is -0.466. The van der Waals surface area contributed by atoms with Crippen LogP contribution in [0.1, 0.15) is 0 Å². The molecule has 0 unspecified atom stereocenters. The quantitative estimate of drug-likeness (QED) is 0.470. The van der Waals surface area contributed by atoms with Crippen LogP contribution in [0.5, 0.6) is 0 Å². The van der Waals surface area contributed by atoms with Gasteiger partial charge in [-0.25, -0.2) is 4.79 Å². The van der Waals surface area contributed by atoms with Crippen molar-refractivity contribution in [3.63, 3.8) is 0 Å². The van der Waals surface area contributed by atoms with E-state index in [0.717, 1.165) is 0 Å². The molecule has 0 saturated heterocycles. The summed E-state index contributed by atoms with van der Waals surface area (Å²) in [7, 11) is 5.07. The summed E-state index contributed by atoms with van der Waals surface area (Å²) in [5.41, 5.74) is 4.98. The zero-order chi connectivity index (χ0) is 10.5. The van der Waals surface area contributed by atoms with Crippen molar-refractivity contribution in [3.05, 3.63) is 0 Å². The van der Waals surface area contributed by atoms with E-state index in [9.17, 15) is 4.79 Å². The Bertz CT molecular complexity index is 162. The highest BCUT2D eigenvalue weighted by molar-refractivity contribution is 5.71. The van der Waals surface area contributed by atoms with E-state index in [0.29, 0.717) is 5.06 Å². The van der Waals surface area contributed by atoms with Crippen molar-refractivity contribution in [1.29, 1.82) is 0 Å². The predicted molar refractivity (Wildman–Crippen MR) is 42.2 cm³/mol. The molecule has 0 aromatic heterocycles. The van der Waals surface area contributed by atoms with Gasteiger partial charge < -0.3 is 19.9 Å². The molecular formula is C6H14N2O5. The summed E-state index contributed by atoms with van der Waals surface area (Å²) in [5.74, 6) is 0. The molecule has 0 heterocycles. The summed E-state index contributed by atoms with van der Waals surface area (Å²) in [4.78, 5) is 15.5. The van der Waals surface area contributed by atoms with E-state index in [1.807, 2.05) is 0 Å². The summed E-state index contributed by atoms with van der Waals surface area (Å²) in [6.45, 7) is 0. The van der Waals surface area contributed by atoms with Gasteiger partial charge in [0.15, 0.2) is 0 Å². The summed E-state index contributed by atoms with van der Waals surface area (Å²) in [5, 5.41) is 0.618. The molecule has 0 atom stereocenters. The maximum Gasteiger partial charge on any atom is 0.403 e. The molecule has 0 aliphatic heterocycles. The SMILES string of the molecule is CON(C(N)=O)C(OC)(OC)OC. The second-order valence-corrected chi connectivity index (χ2v) is 1.95. The van der Waals surface area contributed by atoms with Crippen molar-refractivity contribution in [2.75, 3.05) is 28.4 Å². The third-order valence-electron chi connectivity index (χ3n) is 1.41. The number of rotatable bonds is 5. The predicted octanol–water partition coefficient (Wildman–Crippen LogP) is -0.521. The number of hydroxylamine groups is 2. The van der Waals surface area contributed by atoms with Crippen LogP contribution in [0.4, 0.5) is 4.79 Å². The molecule has 7 heteroatoms. The van der Waals surface area contributed by atoms with E-state index < -0.39 is 12.1 Å². The molecule has 0 aromatic rings. The third kappa shape index (κ3) is 2.28. The minimum Gasteiger partial charge on any atom is -0.349 e. The minimum atomic E-state index is -1.75. The second-order valence-electron chi connectivity index (χ2n) is 1.95. The fourth-order valence-electron chi connectivity index (χ4n) is 0.835. The zero-order valence-electron chi connectivity index (χ0n) is 8.07. The first-order valence-corrected chi connectivity index (χ1v) is 3.37. The number of carbonyl (C=O) groups is 1. The fourth-order valence-corrected chi connectivity index (χ4v) is 0.835. The Hall–Kier alpha value is -0.890. The van der Waals surface area contributed by atoms with E-state index in [4.69, 9.17) is 19.9 Å². The Kier molecular flexibility index (Phi) is 4.63. The Morgan fingerprint density at radius 1 is 1.15 bits per heavy atom. The van der Waals surface area contributed by atoms with Crippen molar-refractivity contribution in [3.8, 4) is 0 Å². The molecule has 78 valence electrons. The molecular weight excluding hydrogens is 180 g/mol. The number of nitrogens with zero attached hydrogens (tertiary/aromatic N) is 1. The van der Waals surface area contributed by atoms with Gasteiger partial charge in [0.2, 0.25) is 0 Å². The Morgan fingerprint density at radius 3 is 1.62 bits per heavy atom. The molecule has 0 fully saturated rings. The van der Waals surface area contributed by atoms with Crippen molar-refractivity contribution in [1.82, 2.24) is 5.06 Å². The first kappa shape index (κ1) is 12.1. The van der Waals surface area contributed by atoms with Gasteiger partial charge in [0.25, 0.3) is 0 Å². The molecule has 0 aliphatic rings. The Balaban J connectivity index is 4.76. The number of ether oxygens (including phenoxy) is 3. The minimum absolute atomic E-state index is 0.618. The molecule has 13 heavy (non-hydrogen) atoms. The topological polar surface area (TPSA) is 83.3 Å². The highest BCUT2D eigenvalue weighted by Crippen LogP contribution is 2.17. The fraction of sp³-hybridized carbons (Fsp3) is 0.833. The van der Waals surface area contributed by atoms with Gasteiger partial charge in [-0.1, -0.05) is 0 Å². The average molecular weight is 194 g/mol. The number of urea groups is 1. The lowest BCUT2D eigenvalue weighted by Crippen LogP contribution is -2.57. The van der Waals surface area contributed by atoms with Crippen molar-refractivity contribution >= 4 is 6.03 Å². The van der Waals surface area contributed by atoms with E-state index in [2.05, 4.69) is 4.84 Å². The van der Waals surface area contributed by atoms with Gasteiger partial charge in [-0.2, -0.15) is 0 Å². The Labute approximate surface area is 76.2 Å². The van der Waals surface area contributed by atoms with Crippen LogP contribution in [0.25, 0.3) is 0 Å². The standard InChI is InChI=1S/C6H14N2O5/c1-10-6(11-2,12-3)8(13-4)5(7)9/h1-4H3,(H2,7,9). The monoisotopic (exact) mass is 194 g/mol. The molecule has 0 aliphatic carbocycles. The number of primary amides is 1. The van der Waals surface area contributed by atoms with Gasteiger partial charge in [-0.3, -0.25) is 4.84 Å². The second kappa shape index (κ2) is 4.97. The normalized spacial score (nSPS) is 11.4. The van der Waals surface area contributed by atoms with E-state index >= 15 is 0 Å². The van der Waals surface area contributed by atoms with Crippen molar-refractivity contribution in [2.24, 2.45) is 5.73 Å². The number of nitrogens with two attached hydrogens (primary N) is 1. The van der Waals surface area contributed by atoms with Gasteiger partial charge in [0.05, 0.1) is 7.11 Å². The highest BCUT2D eigenvalue weighted by atomic mass is 16.9. The van der Waals surface area contributed by atoms with Crippen LogP contribution in [0.15, 0.2) is 0 Å². The van der Waals surface area contributed by atoms with Gasteiger partial charge >= 0.3 is 12.1 Å². The maximum atomic E-state index is 10.8. The van der Waals surface area contributed by atoms with Crippen LogP contribution >= 0.6 is 0 Å². The lowest BCUT2D eigenvalue weighted by Gasteiger charge is -2.35. The van der Waals surface area contributed by atoms with Crippen molar-refractivity contribution in [2.45, 2.75) is 6.10 Å². The van der Waals surface area contributed by atoms with Gasteiger partial charge in [-0.15, -0.1) is 5.06 Å². The van der Waals surface area contributed by atoms with Crippen molar-refractivity contribution < 1.29 is 23.8 Å². The number of carbonyl (C=O) groups excluding carboxylic acids is 1. The first-order chi connectivity index (χ1) is 6.07. The molecule has 2 amide bonds. The van der Waals surface area contributed by atoms with Gasteiger partial charge in [0, 0.05) is 21.3 Å². The summed E-state index contributed by atoms with van der Waals surface area (Å²) < 4.78 is 14.4. The summed E-state index contributed by atoms with van der Waals surface area (Å²) >= 11 is 0. The number of hydrogen-bond donors (Lipinski definition) is 1. The largest absolute Gasteiger partial charge is 0.403 e. The van der Waals surface area contributed by atoms with Gasteiger partial charge in [-0.05, 0) is 0 Å². The maximum absolute atomic E-state index is 10.8. The third-order valence-corrected chi connectivity index (χ3v) is 1.41. The van der Waals surface area contributed by atoms with E-state index in [-0.39, 0.29) is 0 Å². The van der Waals surface area contributed by atoms with Crippen LogP contribution in [0, 0.1) is 0 Å². The first-order valence-electron chi connectivity index (χ1n) is 3.37.